The molecule has 1 heterocycles. The van der Waals surface area contributed by atoms with Crippen LogP contribution in [0.5, 0.6) is 28.7 Å². The van der Waals surface area contributed by atoms with Gasteiger partial charge in [0.25, 0.3) is 5.91 Å². The van der Waals surface area contributed by atoms with Gasteiger partial charge in [0.1, 0.15) is 23.3 Å². The van der Waals surface area contributed by atoms with Crippen molar-refractivity contribution in [3.63, 3.8) is 0 Å². The lowest BCUT2D eigenvalue weighted by Gasteiger charge is -2.12. The fraction of sp³-hybridized carbons (Fsp3) is 0.261. The Balaban J connectivity index is 1.76. The van der Waals surface area contributed by atoms with Crippen LogP contribution in [0.4, 0.5) is 0 Å². The predicted molar refractivity (Wildman–Crippen MR) is 118 cm³/mol. The quantitative estimate of drug-likeness (QED) is 0.431. The summed E-state index contributed by atoms with van der Waals surface area (Å²) in [6.07, 6.45) is 1.51. The summed E-state index contributed by atoms with van der Waals surface area (Å²) < 4.78 is 27.0. The number of ketones is 1. The Morgan fingerprint density at radius 3 is 2.35 bits per heavy atom. The molecule has 1 amide bonds. The van der Waals surface area contributed by atoms with Gasteiger partial charge in [-0.15, -0.1) is 0 Å². The second kappa shape index (κ2) is 10.6. The Morgan fingerprint density at radius 1 is 1.06 bits per heavy atom. The first-order valence-corrected chi connectivity index (χ1v) is 9.95. The molecule has 2 aromatic rings. The number of benzene rings is 2. The molecule has 0 saturated heterocycles. The van der Waals surface area contributed by atoms with E-state index in [1.54, 1.807) is 12.1 Å². The zero-order chi connectivity index (χ0) is 24.8. The predicted octanol–water partition coefficient (Wildman–Crippen LogP) is 1.27. The highest BCUT2D eigenvalue weighted by atomic mass is 16.5. The smallest absolute Gasteiger partial charge is 0.328 e. The minimum absolute atomic E-state index is 0.0441. The number of fused-ring (bicyclic) bond motifs is 1. The van der Waals surface area contributed by atoms with Gasteiger partial charge in [0.15, 0.2) is 23.9 Å². The van der Waals surface area contributed by atoms with Gasteiger partial charge in [-0.2, -0.15) is 0 Å². The highest BCUT2D eigenvalue weighted by Crippen LogP contribution is 2.39. The van der Waals surface area contributed by atoms with Gasteiger partial charge in [0, 0.05) is 17.7 Å². The van der Waals surface area contributed by atoms with E-state index in [4.69, 9.17) is 33.9 Å². The number of ether oxygens (including phenoxy) is 5. The molecule has 0 aliphatic carbocycles. The van der Waals surface area contributed by atoms with Crippen molar-refractivity contribution in [2.75, 3.05) is 34.5 Å². The first-order chi connectivity index (χ1) is 16.3. The number of Topliss-reactive ketones (excluding diaryl/α,β-unsaturated/α-hetero) is 1. The maximum absolute atomic E-state index is 12.8. The number of rotatable bonds is 10. The molecule has 1 atom stereocenters. The summed E-state index contributed by atoms with van der Waals surface area (Å²) in [6, 6.07) is 6.25. The van der Waals surface area contributed by atoms with E-state index in [9.17, 15) is 14.4 Å². The first kappa shape index (κ1) is 24.4. The molecule has 0 aromatic heterocycles. The van der Waals surface area contributed by atoms with Crippen molar-refractivity contribution in [1.29, 1.82) is 0 Å². The van der Waals surface area contributed by atoms with E-state index < -0.39 is 31.1 Å². The maximum Gasteiger partial charge on any atom is 0.328 e. The van der Waals surface area contributed by atoms with Crippen LogP contribution in [-0.4, -0.2) is 68.5 Å². The third-order valence-electron chi connectivity index (χ3n) is 4.85. The molecule has 1 aliphatic heterocycles. The maximum atomic E-state index is 12.8. The normalized spacial score (nSPS) is 14.1. The zero-order valence-corrected chi connectivity index (χ0v) is 18.6. The van der Waals surface area contributed by atoms with Crippen molar-refractivity contribution in [3.05, 3.63) is 47.2 Å². The molecular formula is C23H23NO10. The van der Waals surface area contributed by atoms with Crippen molar-refractivity contribution in [2.24, 2.45) is 0 Å². The van der Waals surface area contributed by atoms with Crippen LogP contribution < -0.4 is 29.0 Å². The molecular weight excluding hydrogens is 450 g/mol. The van der Waals surface area contributed by atoms with Crippen molar-refractivity contribution in [2.45, 2.75) is 6.04 Å². The number of carbonyl (C=O) groups is 3. The summed E-state index contributed by atoms with van der Waals surface area (Å²) in [5, 5.41) is 20.0. The van der Waals surface area contributed by atoms with Crippen LogP contribution in [0.1, 0.15) is 15.9 Å². The van der Waals surface area contributed by atoms with Crippen molar-refractivity contribution >= 4 is 23.7 Å². The van der Waals surface area contributed by atoms with E-state index in [0.29, 0.717) is 28.4 Å². The van der Waals surface area contributed by atoms with Crippen molar-refractivity contribution < 1.29 is 48.3 Å². The molecule has 0 fully saturated rings. The largest absolute Gasteiger partial charge is 0.496 e. The Kier molecular flexibility index (Phi) is 7.59. The Morgan fingerprint density at radius 2 is 1.74 bits per heavy atom. The second-order valence-corrected chi connectivity index (χ2v) is 6.98. The Labute approximate surface area is 194 Å². The number of allylic oxidation sites excluding steroid dienone is 1. The van der Waals surface area contributed by atoms with Crippen LogP contribution >= 0.6 is 0 Å². The summed E-state index contributed by atoms with van der Waals surface area (Å²) in [4.78, 5) is 35.5. The lowest BCUT2D eigenvalue weighted by molar-refractivity contribution is -0.143. The van der Waals surface area contributed by atoms with E-state index in [-0.39, 0.29) is 23.0 Å². The summed E-state index contributed by atoms with van der Waals surface area (Å²) in [7, 11) is 4.46. The molecule has 11 nitrogen and oxygen atoms in total. The second-order valence-electron chi connectivity index (χ2n) is 6.98. The number of nitrogens with one attached hydrogen (secondary N) is 1. The Bertz CT molecular complexity index is 1140. The average molecular weight is 473 g/mol. The number of aliphatic hydroxyl groups excluding tert-OH is 1. The van der Waals surface area contributed by atoms with Crippen LogP contribution in [0.25, 0.3) is 6.08 Å². The summed E-state index contributed by atoms with van der Waals surface area (Å²) in [6.45, 7) is -1.25. The number of carboxylic acids is 1. The topological polar surface area (TPSA) is 150 Å². The summed E-state index contributed by atoms with van der Waals surface area (Å²) in [5.74, 6) is -0.622. The number of hydrogen-bond donors (Lipinski definition) is 3. The molecule has 0 saturated carbocycles. The van der Waals surface area contributed by atoms with E-state index in [0.717, 1.165) is 0 Å². The first-order valence-electron chi connectivity index (χ1n) is 9.95. The van der Waals surface area contributed by atoms with Gasteiger partial charge in [0.2, 0.25) is 5.78 Å². The molecule has 34 heavy (non-hydrogen) atoms. The monoisotopic (exact) mass is 473 g/mol. The standard InChI is InChI=1S/C23H23NO10/c1-30-16-9-19(32-3)18(31-2)6-12(16)7-20-22(27)14-5-4-13(8-17(14)34-20)33-11-21(26)24-15(10-25)23(28)29/h4-9,15,25H,10-11H2,1-3H3,(H,24,26)(H,28,29)/b20-7-/t15-/m0/s1. The molecule has 3 N–H and O–H groups in total. The number of carboxylic acid groups (broad SMARTS) is 1. The fourth-order valence-electron chi connectivity index (χ4n) is 3.13. The molecule has 3 rings (SSSR count). The SMILES string of the molecule is COc1cc(OC)c(OC)cc1/C=C1\Oc2cc(OCC(=O)N[C@@H](CO)C(=O)O)ccc2C1=O. The number of aliphatic carboxylic acids is 1. The summed E-state index contributed by atoms with van der Waals surface area (Å²) in [5.41, 5.74) is 0.829. The van der Waals surface area contributed by atoms with Gasteiger partial charge in [-0.25, -0.2) is 4.79 Å². The molecule has 180 valence electrons. The highest BCUT2D eigenvalue weighted by Gasteiger charge is 2.28. The number of hydrogen-bond acceptors (Lipinski definition) is 9. The van der Waals surface area contributed by atoms with Crippen LogP contribution in [0.3, 0.4) is 0 Å². The number of amides is 1. The van der Waals surface area contributed by atoms with Crippen molar-refractivity contribution in [1.82, 2.24) is 5.32 Å². The number of methoxy groups -OCH3 is 3. The van der Waals surface area contributed by atoms with Gasteiger partial charge in [-0.1, -0.05) is 0 Å². The van der Waals surface area contributed by atoms with Gasteiger partial charge in [-0.05, 0) is 24.3 Å². The molecule has 1 aliphatic rings. The van der Waals surface area contributed by atoms with Crippen LogP contribution in [0, 0.1) is 0 Å². The van der Waals surface area contributed by atoms with E-state index in [1.807, 2.05) is 0 Å². The van der Waals surface area contributed by atoms with Gasteiger partial charge >= 0.3 is 5.97 Å². The fourth-order valence-corrected chi connectivity index (χ4v) is 3.13. The number of carbonyl (C=O) groups excluding carboxylic acids is 2. The van der Waals surface area contributed by atoms with Crippen LogP contribution in [0.2, 0.25) is 0 Å². The van der Waals surface area contributed by atoms with Gasteiger partial charge < -0.3 is 39.2 Å². The van der Waals surface area contributed by atoms with E-state index >= 15 is 0 Å². The lowest BCUT2D eigenvalue weighted by Crippen LogP contribution is -2.45. The zero-order valence-electron chi connectivity index (χ0n) is 18.6. The average Bonchev–Trinajstić information content (AvgIpc) is 3.14. The highest BCUT2D eigenvalue weighted by molar-refractivity contribution is 6.14. The minimum Gasteiger partial charge on any atom is -0.496 e. The van der Waals surface area contributed by atoms with Crippen molar-refractivity contribution in [3.8, 4) is 28.7 Å². The van der Waals surface area contributed by atoms with Gasteiger partial charge in [-0.3, -0.25) is 9.59 Å². The summed E-state index contributed by atoms with van der Waals surface area (Å²) >= 11 is 0. The van der Waals surface area contributed by atoms with Crippen LogP contribution in [-0.2, 0) is 9.59 Å². The third-order valence-corrected chi connectivity index (χ3v) is 4.85. The lowest BCUT2D eigenvalue weighted by atomic mass is 10.1. The molecule has 0 radical (unpaired) electrons. The molecule has 0 spiro atoms. The molecule has 11 heteroatoms. The van der Waals surface area contributed by atoms with Crippen LogP contribution in [0.15, 0.2) is 36.1 Å². The Hall–Kier alpha value is -4.25. The molecule has 0 bridgehead atoms. The van der Waals surface area contributed by atoms with E-state index in [1.165, 1.54) is 45.6 Å². The molecule has 2 aromatic carbocycles. The van der Waals surface area contributed by atoms with E-state index in [2.05, 4.69) is 5.32 Å². The minimum atomic E-state index is -1.43. The third kappa shape index (κ3) is 5.21. The molecule has 0 unspecified atom stereocenters. The van der Waals surface area contributed by atoms with Gasteiger partial charge in [0.05, 0.1) is 33.5 Å². The number of aliphatic hydroxyl groups is 1.